The summed E-state index contributed by atoms with van der Waals surface area (Å²) in [6, 6.07) is 65.8. The van der Waals surface area contributed by atoms with E-state index in [-0.39, 0.29) is 0 Å². The van der Waals surface area contributed by atoms with Gasteiger partial charge in [0.15, 0.2) is 5.58 Å². The minimum absolute atomic E-state index is 0.593. The Labute approximate surface area is 310 Å². The van der Waals surface area contributed by atoms with Crippen LogP contribution in [0, 0.1) is 0 Å². The van der Waals surface area contributed by atoms with Crippen LogP contribution in [0.1, 0.15) is 0 Å². The predicted molar refractivity (Wildman–Crippen MR) is 221 cm³/mol. The Morgan fingerprint density at radius 2 is 1.07 bits per heavy atom. The van der Waals surface area contributed by atoms with Crippen LogP contribution in [0.2, 0.25) is 0 Å². The maximum Gasteiger partial charge on any atom is 0.227 e. The van der Waals surface area contributed by atoms with Gasteiger partial charge in [-0.1, -0.05) is 109 Å². The van der Waals surface area contributed by atoms with Crippen molar-refractivity contribution in [2.24, 2.45) is 0 Å². The van der Waals surface area contributed by atoms with Gasteiger partial charge < -0.3 is 18.3 Å². The lowest BCUT2D eigenvalue weighted by Crippen LogP contribution is -2.11. The number of rotatable bonds is 6. The topological polar surface area (TPSA) is 47.3 Å². The van der Waals surface area contributed by atoms with Crippen LogP contribution in [-0.2, 0) is 0 Å². The third-order valence-corrected chi connectivity index (χ3v) is 10.4. The van der Waals surface area contributed by atoms with Gasteiger partial charge >= 0.3 is 0 Å². The van der Waals surface area contributed by atoms with Crippen LogP contribution >= 0.6 is 0 Å². The molecule has 0 saturated heterocycles. The molecule has 0 amide bonds. The van der Waals surface area contributed by atoms with Crippen molar-refractivity contribution >= 4 is 71.9 Å². The number of aromatic nitrogens is 2. The number of para-hydroxylation sites is 3. The summed E-state index contributed by atoms with van der Waals surface area (Å²) in [5.41, 5.74) is 12.8. The van der Waals surface area contributed by atoms with E-state index in [1.165, 1.54) is 16.3 Å². The number of nitrogens with zero attached hydrogens (tertiary/aromatic N) is 3. The zero-order valence-electron chi connectivity index (χ0n) is 29.1. The van der Waals surface area contributed by atoms with Crippen molar-refractivity contribution in [3.05, 3.63) is 188 Å². The molecular formula is C49H31N3O2. The summed E-state index contributed by atoms with van der Waals surface area (Å²) < 4.78 is 15.1. The first-order valence-electron chi connectivity index (χ1n) is 18.1. The molecule has 0 atom stereocenters. The van der Waals surface area contributed by atoms with Crippen molar-refractivity contribution in [3.8, 4) is 28.3 Å². The third-order valence-electron chi connectivity index (χ3n) is 10.4. The summed E-state index contributed by atoms with van der Waals surface area (Å²) >= 11 is 0. The largest absolute Gasteiger partial charge is 0.456 e. The van der Waals surface area contributed by atoms with Gasteiger partial charge in [-0.15, -0.1) is 0 Å². The highest BCUT2D eigenvalue weighted by atomic mass is 16.4. The van der Waals surface area contributed by atoms with E-state index in [9.17, 15) is 0 Å². The van der Waals surface area contributed by atoms with Gasteiger partial charge in [0.2, 0.25) is 5.89 Å². The van der Waals surface area contributed by atoms with Gasteiger partial charge in [-0.2, -0.15) is 0 Å². The van der Waals surface area contributed by atoms with Gasteiger partial charge in [0.05, 0.1) is 16.7 Å². The summed E-state index contributed by atoms with van der Waals surface area (Å²) in [6.07, 6.45) is 0. The standard InChI is InChI=1S/C49H31N3O2/c1-4-14-32(15-5-1)37-20-10-12-22-43(37)51(36-24-26-39-38-21-11-13-23-44(38)52(45(39)29-36)34-18-8-3-9-19-34)35-25-27-46-40(28-35)41-30-48-42(31-47(41)53-46)50-49(54-48)33-16-6-2-7-17-33/h1-31H. The molecule has 0 fully saturated rings. The van der Waals surface area contributed by atoms with Crippen LogP contribution < -0.4 is 4.90 Å². The Morgan fingerprint density at radius 3 is 1.91 bits per heavy atom. The lowest BCUT2D eigenvalue weighted by molar-refractivity contribution is 0.620. The Kier molecular flexibility index (Phi) is 6.79. The smallest absolute Gasteiger partial charge is 0.227 e. The molecule has 8 aromatic carbocycles. The zero-order valence-corrected chi connectivity index (χ0v) is 29.1. The van der Waals surface area contributed by atoms with Crippen molar-refractivity contribution in [3.63, 3.8) is 0 Å². The van der Waals surface area contributed by atoms with Crippen molar-refractivity contribution in [1.29, 1.82) is 0 Å². The van der Waals surface area contributed by atoms with E-state index < -0.39 is 0 Å². The number of hydrogen-bond acceptors (Lipinski definition) is 4. The van der Waals surface area contributed by atoms with Crippen molar-refractivity contribution in [2.45, 2.75) is 0 Å². The van der Waals surface area contributed by atoms with E-state index in [2.05, 4.69) is 161 Å². The molecule has 0 aliphatic rings. The highest BCUT2D eigenvalue weighted by molar-refractivity contribution is 6.12. The number of hydrogen-bond donors (Lipinski definition) is 0. The van der Waals surface area contributed by atoms with Crippen LogP contribution in [0.5, 0.6) is 0 Å². The average Bonchev–Trinajstić information content (AvgIpc) is 3.92. The molecule has 3 aromatic heterocycles. The molecule has 0 unspecified atom stereocenters. The van der Waals surface area contributed by atoms with Crippen molar-refractivity contribution < 1.29 is 8.83 Å². The van der Waals surface area contributed by atoms with E-state index in [1.807, 2.05) is 36.4 Å². The molecule has 0 bridgehead atoms. The van der Waals surface area contributed by atoms with Gasteiger partial charge in [0.25, 0.3) is 0 Å². The van der Waals surface area contributed by atoms with Crippen LogP contribution in [0.15, 0.2) is 197 Å². The molecular weight excluding hydrogens is 663 g/mol. The molecule has 0 aliphatic carbocycles. The first-order chi connectivity index (χ1) is 26.8. The van der Waals surface area contributed by atoms with E-state index in [0.29, 0.717) is 5.89 Å². The highest BCUT2D eigenvalue weighted by Gasteiger charge is 2.22. The van der Waals surface area contributed by atoms with Gasteiger partial charge in [-0.3, -0.25) is 0 Å². The van der Waals surface area contributed by atoms with E-state index in [4.69, 9.17) is 13.8 Å². The Morgan fingerprint density at radius 1 is 0.426 bits per heavy atom. The molecule has 0 saturated carbocycles. The molecule has 3 heterocycles. The number of oxazole rings is 1. The van der Waals surface area contributed by atoms with Gasteiger partial charge in [-0.25, -0.2) is 4.98 Å². The lowest BCUT2D eigenvalue weighted by Gasteiger charge is -2.28. The molecule has 0 radical (unpaired) electrons. The maximum atomic E-state index is 6.47. The van der Waals surface area contributed by atoms with E-state index in [1.54, 1.807) is 0 Å². The maximum absolute atomic E-state index is 6.47. The van der Waals surface area contributed by atoms with Gasteiger partial charge in [-0.05, 0) is 78.4 Å². The van der Waals surface area contributed by atoms with Crippen LogP contribution in [-0.4, -0.2) is 9.55 Å². The van der Waals surface area contributed by atoms with Gasteiger partial charge in [0.1, 0.15) is 16.7 Å². The SMILES string of the molecule is c1ccc(-c2nc3cc4oc5ccc(N(c6ccc7c8ccccc8n(-c8ccccc8)c7c6)c6ccccc6-c6ccccc6)cc5c4cc3o2)cc1. The summed E-state index contributed by atoms with van der Waals surface area (Å²) in [5.74, 6) is 0.593. The minimum atomic E-state index is 0.593. The van der Waals surface area contributed by atoms with Crippen LogP contribution in [0.3, 0.4) is 0 Å². The average molecular weight is 694 g/mol. The fraction of sp³-hybridized carbons (Fsp3) is 0. The number of fused-ring (bicyclic) bond motifs is 7. The quantitative estimate of drug-likeness (QED) is 0.174. The van der Waals surface area contributed by atoms with Crippen molar-refractivity contribution in [2.75, 3.05) is 4.90 Å². The highest BCUT2D eigenvalue weighted by Crippen LogP contribution is 2.45. The number of anilines is 3. The minimum Gasteiger partial charge on any atom is -0.456 e. The normalized spacial score (nSPS) is 11.7. The van der Waals surface area contributed by atoms with Crippen LogP contribution in [0.25, 0.3) is 83.1 Å². The molecule has 0 N–H and O–H groups in total. The molecule has 0 spiro atoms. The second-order valence-corrected chi connectivity index (χ2v) is 13.6. The fourth-order valence-electron chi connectivity index (χ4n) is 7.94. The summed E-state index contributed by atoms with van der Waals surface area (Å²) in [4.78, 5) is 7.17. The lowest BCUT2D eigenvalue weighted by atomic mass is 10.0. The Hall–Kier alpha value is -7.37. The Balaban J connectivity index is 1.15. The molecule has 11 rings (SSSR count). The Bertz CT molecular complexity index is 3160. The fourth-order valence-corrected chi connectivity index (χ4v) is 7.94. The molecule has 5 heteroatoms. The monoisotopic (exact) mass is 693 g/mol. The first-order valence-corrected chi connectivity index (χ1v) is 18.1. The first kappa shape index (κ1) is 30.3. The predicted octanol–water partition coefficient (Wildman–Crippen LogP) is 13.6. The summed E-state index contributed by atoms with van der Waals surface area (Å²) in [7, 11) is 0. The molecule has 0 aliphatic heterocycles. The molecule has 54 heavy (non-hydrogen) atoms. The second kappa shape index (κ2) is 12.1. The van der Waals surface area contributed by atoms with E-state index >= 15 is 0 Å². The third kappa shape index (κ3) is 4.83. The van der Waals surface area contributed by atoms with Gasteiger partial charge in [0, 0.05) is 55.8 Å². The summed E-state index contributed by atoms with van der Waals surface area (Å²) in [6.45, 7) is 0. The molecule has 254 valence electrons. The number of benzene rings is 8. The van der Waals surface area contributed by atoms with Crippen LogP contribution in [0.4, 0.5) is 17.1 Å². The zero-order chi connectivity index (χ0) is 35.6. The van der Waals surface area contributed by atoms with Crippen molar-refractivity contribution in [1.82, 2.24) is 9.55 Å². The molecule has 11 aromatic rings. The van der Waals surface area contributed by atoms with E-state index in [0.717, 1.165) is 78.0 Å². The molecule has 5 nitrogen and oxygen atoms in total. The second-order valence-electron chi connectivity index (χ2n) is 13.6. The number of furan rings is 1. The summed E-state index contributed by atoms with van der Waals surface area (Å²) in [5, 5.41) is 4.41.